The summed E-state index contributed by atoms with van der Waals surface area (Å²) < 4.78 is 16.5. The van der Waals surface area contributed by atoms with E-state index in [1.165, 1.54) is 11.9 Å². The van der Waals surface area contributed by atoms with Crippen LogP contribution in [0.1, 0.15) is 35.2 Å². The Kier molecular flexibility index (Phi) is 14.7. The Bertz CT molecular complexity index is 960. The predicted molar refractivity (Wildman–Crippen MR) is 142 cm³/mol. The van der Waals surface area contributed by atoms with Gasteiger partial charge in [0.25, 0.3) is 5.91 Å². The lowest BCUT2D eigenvalue weighted by atomic mass is 10.1. The normalized spacial score (nSPS) is 13.9. The molecule has 0 saturated carbocycles. The fraction of sp³-hybridized carbons (Fsp3) is 0.577. The lowest BCUT2D eigenvalue weighted by Crippen LogP contribution is -2.46. The summed E-state index contributed by atoms with van der Waals surface area (Å²) in [5, 5.41) is 11.0. The van der Waals surface area contributed by atoms with E-state index in [-0.39, 0.29) is 56.2 Å². The molecule has 1 aliphatic heterocycles. The van der Waals surface area contributed by atoms with Gasteiger partial charge in [0.2, 0.25) is 18.2 Å². The summed E-state index contributed by atoms with van der Waals surface area (Å²) in [7, 11) is 3.30. The van der Waals surface area contributed by atoms with Crippen LogP contribution in [0.4, 0.5) is 5.69 Å². The van der Waals surface area contributed by atoms with E-state index in [0.717, 1.165) is 6.29 Å². The van der Waals surface area contributed by atoms with Crippen molar-refractivity contribution in [1.29, 1.82) is 0 Å². The maximum absolute atomic E-state index is 12.9. The van der Waals surface area contributed by atoms with Crippen LogP contribution in [-0.2, 0) is 39.9 Å². The topological polar surface area (TPSA) is 164 Å². The number of hydrogen-bond acceptors (Lipinski definition) is 9. The fourth-order valence-electron chi connectivity index (χ4n) is 3.96. The number of amides is 4. The lowest BCUT2D eigenvalue weighted by Gasteiger charge is -2.25. The van der Waals surface area contributed by atoms with Crippen LogP contribution >= 0.6 is 0 Å². The molecule has 13 nitrogen and oxygen atoms in total. The van der Waals surface area contributed by atoms with Gasteiger partial charge in [-0.3, -0.25) is 19.2 Å². The number of rotatable bonds is 21. The van der Waals surface area contributed by atoms with Gasteiger partial charge in [-0.25, -0.2) is 0 Å². The molecule has 216 valence electrons. The number of nitrogens with one attached hydrogen (secondary N) is 4. The van der Waals surface area contributed by atoms with Crippen molar-refractivity contribution < 1.29 is 38.2 Å². The summed E-state index contributed by atoms with van der Waals surface area (Å²) in [4.78, 5) is 60.0. The summed E-state index contributed by atoms with van der Waals surface area (Å²) in [5.41, 5.74) is 1.72. The molecule has 4 amide bonds. The Morgan fingerprint density at radius 2 is 1.79 bits per heavy atom. The van der Waals surface area contributed by atoms with Crippen LogP contribution in [0.3, 0.4) is 0 Å². The minimum atomic E-state index is -0.742. The van der Waals surface area contributed by atoms with Gasteiger partial charge in [0.15, 0.2) is 0 Å². The summed E-state index contributed by atoms with van der Waals surface area (Å²) in [6.45, 7) is 2.89. The third-order valence-electron chi connectivity index (χ3n) is 6.07. The second-order valence-corrected chi connectivity index (χ2v) is 8.80. The van der Waals surface area contributed by atoms with Crippen molar-refractivity contribution in [3.8, 4) is 0 Å². The number of anilines is 1. The average molecular weight is 550 g/mol. The highest BCUT2D eigenvalue weighted by molar-refractivity contribution is 6.02. The van der Waals surface area contributed by atoms with Gasteiger partial charge < -0.3 is 45.2 Å². The van der Waals surface area contributed by atoms with E-state index in [2.05, 4.69) is 21.3 Å². The van der Waals surface area contributed by atoms with Crippen LogP contribution < -0.4 is 21.3 Å². The lowest BCUT2D eigenvalue weighted by molar-refractivity contribution is -0.125. The molecule has 13 heteroatoms. The van der Waals surface area contributed by atoms with Crippen LogP contribution in [0.25, 0.3) is 0 Å². The largest absolute Gasteiger partial charge is 0.379 e. The van der Waals surface area contributed by atoms with Crippen molar-refractivity contribution in [3.63, 3.8) is 0 Å². The fourth-order valence-corrected chi connectivity index (χ4v) is 3.96. The first kappa shape index (κ1) is 31.8. The van der Waals surface area contributed by atoms with E-state index >= 15 is 0 Å². The number of aldehydes is 1. The Morgan fingerprint density at radius 1 is 1.05 bits per heavy atom. The average Bonchev–Trinajstić information content (AvgIpc) is 3.26. The third-order valence-corrected chi connectivity index (χ3v) is 6.07. The number of carbonyl (C=O) groups is 5. The zero-order valence-electron chi connectivity index (χ0n) is 22.5. The third kappa shape index (κ3) is 10.7. The van der Waals surface area contributed by atoms with E-state index in [4.69, 9.17) is 14.2 Å². The van der Waals surface area contributed by atoms with Gasteiger partial charge >= 0.3 is 0 Å². The quantitative estimate of drug-likeness (QED) is 0.116. The van der Waals surface area contributed by atoms with Crippen molar-refractivity contribution >= 4 is 36.1 Å². The molecular formula is C26H39N5O8. The number of carbonyl (C=O) groups excluding carboxylic acids is 5. The Balaban J connectivity index is 1.69. The molecule has 0 fully saturated rings. The molecule has 0 bridgehead atoms. The standard InChI is InChI=1S/C26H39N5O8/c1-27-21(16-38-11-8-29-18-33)17-39-13-12-37-10-7-24(34)30-20-5-6-22-19(14-20)15-31(26(22)36)23(4-3-9-32)25(35)28-2/h5-6,9,14,18,21,23,27H,3-4,7-8,10-13,15-17H2,1-2H3,(H,28,35)(H,29,33)(H,30,34). The van der Waals surface area contributed by atoms with E-state index in [1.54, 1.807) is 18.2 Å². The second-order valence-electron chi connectivity index (χ2n) is 8.80. The van der Waals surface area contributed by atoms with Crippen LogP contribution in [0.5, 0.6) is 0 Å². The van der Waals surface area contributed by atoms with Crippen LogP contribution in [0.15, 0.2) is 18.2 Å². The van der Waals surface area contributed by atoms with Crippen molar-refractivity contribution in [2.45, 2.75) is 37.9 Å². The number of ether oxygens (including phenoxy) is 3. The maximum atomic E-state index is 12.9. The molecule has 1 aromatic carbocycles. The van der Waals surface area contributed by atoms with E-state index in [9.17, 15) is 24.0 Å². The monoisotopic (exact) mass is 549 g/mol. The molecule has 2 unspecified atom stereocenters. The van der Waals surface area contributed by atoms with E-state index < -0.39 is 6.04 Å². The summed E-state index contributed by atoms with van der Waals surface area (Å²) in [6.07, 6.45) is 1.91. The molecule has 0 spiro atoms. The van der Waals surface area contributed by atoms with Gasteiger partial charge in [0.05, 0.1) is 52.1 Å². The molecule has 4 N–H and O–H groups in total. The first-order valence-electron chi connectivity index (χ1n) is 12.9. The molecule has 2 atom stereocenters. The van der Waals surface area contributed by atoms with Gasteiger partial charge in [-0.05, 0) is 37.2 Å². The first-order valence-corrected chi connectivity index (χ1v) is 12.9. The smallest absolute Gasteiger partial charge is 0.255 e. The molecule has 0 aromatic heterocycles. The van der Waals surface area contributed by atoms with Crippen molar-refractivity contribution in [2.75, 3.05) is 65.6 Å². The van der Waals surface area contributed by atoms with E-state index in [0.29, 0.717) is 62.8 Å². The Morgan fingerprint density at radius 3 is 2.49 bits per heavy atom. The van der Waals surface area contributed by atoms with Crippen LogP contribution in [0.2, 0.25) is 0 Å². The van der Waals surface area contributed by atoms with Gasteiger partial charge in [0.1, 0.15) is 12.3 Å². The highest BCUT2D eigenvalue weighted by atomic mass is 16.5. The Hall–Kier alpha value is -3.39. The first-order chi connectivity index (χ1) is 18.9. The zero-order valence-corrected chi connectivity index (χ0v) is 22.5. The number of fused-ring (bicyclic) bond motifs is 1. The minimum absolute atomic E-state index is 0.00716. The number of nitrogens with zero attached hydrogens (tertiary/aromatic N) is 1. The highest BCUT2D eigenvalue weighted by Gasteiger charge is 2.35. The minimum Gasteiger partial charge on any atom is -0.379 e. The molecule has 0 aliphatic carbocycles. The van der Waals surface area contributed by atoms with Crippen molar-refractivity contribution in [2.24, 2.45) is 0 Å². The molecule has 1 aliphatic rings. The van der Waals surface area contributed by atoms with Gasteiger partial charge in [-0.1, -0.05) is 0 Å². The molecule has 39 heavy (non-hydrogen) atoms. The summed E-state index contributed by atoms with van der Waals surface area (Å²) >= 11 is 0. The zero-order chi connectivity index (χ0) is 28.5. The highest BCUT2D eigenvalue weighted by Crippen LogP contribution is 2.28. The summed E-state index contributed by atoms with van der Waals surface area (Å²) in [6, 6.07) is 4.27. The molecule has 1 aromatic rings. The maximum Gasteiger partial charge on any atom is 0.255 e. The molecular weight excluding hydrogens is 510 g/mol. The number of likely N-dealkylation sites (N-methyl/N-ethyl adjacent to an activating group) is 2. The van der Waals surface area contributed by atoms with Crippen LogP contribution in [-0.4, -0.2) is 108 Å². The van der Waals surface area contributed by atoms with Crippen molar-refractivity contribution in [1.82, 2.24) is 20.9 Å². The van der Waals surface area contributed by atoms with Gasteiger partial charge in [-0.15, -0.1) is 0 Å². The molecule has 1 heterocycles. The molecule has 2 rings (SSSR count). The number of benzene rings is 1. The SMILES string of the molecule is CNC(=O)C(CCC=O)N1Cc2cc(NC(=O)CCOCCOCC(COCCNC=O)NC)ccc2C1=O. The molecule has 0 radical (unpaired) electrons. The predicted octanol–water partition coefficient (Wildman–Crippen LogP) is -0.551. The summed E-state index contributed by atoms with van der Waals surface area (Å²) in [5.74, 6) is -0.839. The van der Waals surface area contributed by atoms with E-state index in [1.807, 2.05) is 7.05 Å². The van der Waals surface area contributed by atoms with Gasteiger partial charge in [-0.2, -0.15) is 0 Å². The van der Waals surface area contributed by atoms with Crippen molar-refractivity contribution in [3.05, 3.63) is 29.3 Å². The second kappa shape index (κ2) is 18.0. The Labute approximate surface area is 228 Å². The number of hydrogen-bond donors (Lipinski definition) is 4. The van der Waals surface area contributed by atoms with Gasteiger partial charge in [0, 0.05) is 37.8 Å². The molecule has 0 saturated heterocycles. The van der Waals surface area contributed by atoms with Crippen LogP contribution in [0, 0.1) is 0 Å².